The van der Waals surface area contributed by atoms with E-state index in [0.717, 1.165) is 38.4 Å². The largest absolute Gasteiger partial charge is 0.341 e. The van der Waals surface area contributed by atoms with Crippen molar-refractivity contribution in [3.05, 3.63) is 0 Å². The number of hydrogen-bond acceptors (Lipinski definition) is 2. The third kappa shape index (κ3) is 6.42. The Morgan fingerprint density at radius 2 is 2.00 bits per heavy atom. The SMILES string of the molecule is CCNC1CCCN(CCCCCCC(C)C)C1=O. The number of unbranched alkanes of at least 4 members (excludes halogenated alkanes) is 3. The van der Waals surface area contributed by atoms with Gasteiger partial charge in [0.2, 0.25) is 5.91 Å². The van der Waals surface area contributed by atoms with Crippen LogP contribution in [0.5, 0.6) is 0 Å². The average Bonchev–Trinajstić information content (AvgIpc) is 2.37. The molecular formula is C16H32N2O. The maximum absolute atomic E-state index is 12.2. The molecule has 1 aliphatic rings. The van der Waals surface area contributed by atoms with Gasteiger partial charge in [-0.1, -0.05) is 46.5 Å². The molecule has 19 heavy (non-hydrogen) atoms. The average molecular weight is 268 g/mol. The molecule has 0 aliphatic carbocycles. The molecule has 3 nitrogen and oxygen atoms in total. The van der Waals surface area contributed by atoms with Crippen molar-refractivity contribution >= 4 is 5.91 Å². The van der Waals surface area contributed by atoms with Crippen LogP contribution < -0.4 is 5.32 Å². The molecule has 0 aromatic rings. The zero-order chi connectivity index (χ0) is 14.1. The van der Waals surface area contributed by atoms with Crippen LogP contribution in [0.25, 0.3) is 0 Å². The van der Waals surface area contributed by atoms with Gasteiger partial charge in [0.1, 0.15) is 0 Å². The lowest BCUT2D eigenvalue weighted by Crippen LogP contribution is -2.50. The standard InChI is InChI=1S/C16H32N2O/c1-4-17-15-11-9-13-18(16(15)19)12-8-6-5-7-10-14(2)3/h14-15,17H,4-13H2,1-3H3. The second kappa shape index (κ2) is 9.35. The normalized spacial score (nSPS) is 20.3. The molecule has 1 unspecified atom stereocenters. The number of nitrogens with one attached hydrogen (secondary N) is 1. The fraction of sp³-hybridized carbons (Fsp3) is 0.938. The minimum atomic E-state index is 0.0830. The van der Waals surface area contributed by atoms with E-state index in [4.69, 9.17) is 0 Å². The molecule has 1 atom stereocenters. The number of likely N-dealkylation sites (N-methyl/N-ethyl adjacent to an activating group) is 1. The minimum absolute atomic E-state index is 0.0830. The molecule has 3 heteroatoms. The third-order valence-corrected chi connectivity index (χ3v) is 3.94. The summed E-state index contributed by atoms with van der Waals surface area (Å²) < 4.78 is 0. The van der Waals surface area contributed by atoms with E-state index in [2.05, 4.69) is 31.0 Å². The lowest BCUT2D eigenvalue weighted by atomic mass is 10.0. The number of carbonyl (C=O) groups is 1. The summed E-state index contributed by atoms with van der Waals surface area (Å²) in [7, 11) is 0. The van der Waals surface area contributed by atoms with Gasteiger partial charge in [0.15, 0.2) is 0 Å². The van der Waals surface area contributed by atoms with Gasteiger partial charge in [-0.05, 0) is 31.7 Å². The van der Waals surface area contributed by atoms with Crippen LogP contribution in [0.2, 0.25) is 0 Å². The Kier molecular flexibility index (Phi) is 8.11. The maximum Gasteiger partial charge on any atom is 0.239 e. The molecule has 0 radical (unpaired) electrons. The number of piperidine rings is 1. The molecule has 0 spiro atoms. The Hall–Kier alpha value is -0.570. The summed E-state index contributed by atoms with van der Waals surface area (Å²) in [6, 6.07) is 0.0830. The van der Waals surface area contributed by atoms with Gasteiger partial charge in [0, 0.05) is 13.1 Å². The van der Waals surface area contributed by atoms with Crippen molar-refractivity contribution in [1.29, 1.82) is 0 Å². The number of amides is 1. The first-order chi connectivity index (χ1) is 9.15. The van der Waals surface area contributed by atoms with Crippen molar-refractivity contribution in [3.63, 3.8) is 0 Å². The number of nitrogens with zero attached hydrogens (tertiary/aromatic N) is 1. The Balaban J connectivity index is 2.12. The number of rotatable bonds is 9. The number of likely N-dealkylation sites (tertiary alicyclic amines) is 1. The van der Waals surface area contributed by atoms with Crippen LogP contribution in [0.1, 0.15) is 65.7 Å². The zero-order valence-corrected chi connectivity index (χ0v) is 13.1. The second-order valence-electron chi connectivity index (χ2n) is 6.17. The minimum Gasteiger partial charge on any atom is -0.341 e. The lowest BCUT2D eigenvalue weighted by molar-refractivity contribution is -0.136. The molecule has 0 saturated carbocycles. The molecule has 1 saturated heterocycles. The molecule has 1 N–H and O–H groups in total. The fourth-order valence-electron chi connectivity index (χ4n) is 2.81. The summed E-state index contributed by atoms with van der Waals surface area (Å²) in [6.07, 6.45) is 8.59. The van der Waals surface area contributed by atoms with E-state index in [-0.39, 0.29) is 6.04 Å². The summed E-state index contributed by atoms with van der Waals surface area (Å²) in [6.45, 7) is 9.45. The van der Waals surface area contributed by atoms with E-state index in [1.54, 1.807) is 0 Å². The van der Waals surface area contributed by atoms with Crippen molar-refractivity contribution in [1.82, 2.24) is 10.2 Å². The van der Waals surface area contributed by atoms with Crippen LogP contribution in [0.15, 0.2) is 0 Å². The van der Waals surface area contributed by atoms with E-state index in [1.165, 1.54) is 32.1 Å². The monoisotopic (exact) mass is 268 g/mol. The smallest absolute Gasteiger partial charge is 0.239 e. The molecule has 0 bridgehead atoms. The highest BCUT2D eigenvalue weighted by Crippen LogP contribution is 2.14. The highest BCUT2D eigenvalue weighted by atomic mass is 16.2. The Morgan fingerprint density at radius 3 is 2.68 bits per heavy atom. The summed E-state index contributed by atoms with van der Waals surface area (Å²) in [5.41, 5.74) is 0. The summed E-state index contributed by atoms with van der Waals surface area (Å²) in [4.78, 5) is 14.3. The molecule has 112 valence electrons. The van der Waals surface area contributed by atoms with E-state index >= 15 is 0 Å². The van der Waals surface area contributed by atoms with E-state index in [1.807, 2.05) is 0 Å². The first kappa shape index (κ1) is 16.5. The predicted octanol–water partition coefficient (Wildman–Crippen LogP) is 3.19. The van der Waals surface area contributed by atoms with Crippen molar-refractivity contribution in [2.24, 2.45) is 5.92 Å². The predicted molar refractivity (Wildman–Crippen MR) is 81.2 cm³/mol. The maximum atomic E-state index is 12.2. The Bertz CT molecular complexity index is 251. The van der Waals surface area contributed by atoms with E-state index in [0.29, 0.717) is 5.91 Å². The molecule has 1 amide bonds. The van der Waals surface area contributed by atoms with E-state index < -0.39 is 0 Å². The van der Waals surface area contributed by atoms with Crippen molar-refractivity contribution < 1.29 is 4.79 Å². The first-order valence-corrected chi connectivity index (χ1v) is 8.17. The topological polar surface area (TPSA) is 32.3 Å². The lowest BCUT2D eigenvalue weighted by Gasteiger charge is -2.32. The van der Waals surface area contributed by atoms with Crippen LogP contribution in [-0.2, 0) is 4.79 Å². The Morgan fingerprint density at radius 1 is 1.26 bits per heavy atom. The van der Waals surface area contributed by atoms with Gasteiger partial charge in [0.05, 0.1) is 6.04 Å². The third-order valence-electron chi connectivity index (χ3n) is 3.94. The molecule has 1 fully saturated rings. The molecule has 1 rings (SSSR count). The van der Waals surface area contributed by atoms with Crippen molar-refractivity contribution in [2.75, 3.05) is 19.6 Å². The van der Waals surface area contributed by atoms with Crippen LogP contribution in [-0.4, -0.2) is 36.5 Å². The fourth-order valence-corrected chi connectivity index (χ4v) is 2.81. The van der Waals surface area contributed by atoms with Crippen molar-refractivity contribution in [2.45, 2.75) is 71.8 Å². The van der Waals surface area contributed by atoms with Gasteiger partial charge in [-0.15, -0.1) is 0 Å². The van der Waals surface area contributed by atoms with Gasteiger partial charge in [-0.3, -0.25) is 4.79 Å². The number of carbonyl (C=O) groups excluding carboxylic acids is 1. The summed E-state index contributed by atoms with van der Waals surface area (Å²) >= 11 is 0. The number of hydrogen-bond donors (Lipinski definition) is 1. The van der Waals surface area contributed by atoms with E-state index in [9.17, 15) is 4.79 Å². The van der Waals surface area contributed by atoms with Gasteiger partial charge >= 0.3 is 0 Å². The van der Waals surface area contributed by atoms with Gasteiger partial charge < -0.3 is 10.2 Å². The first-order valence-electron chi connectivity index (χ1n) is 8.17. The van der Waals surface area contributed by atoms with Crippen LogP contribution >= 0.6 is 0 Å². The van der Waals surface area contributed by atoms with Gasteiger partial charge in [-0.2, -0.15) is 0 Å². The molecule has 0 aromatic heterocycles. The zero-order valence-electron chi connectivity index (χ0n) is 13.1. The Labute approximate surface area is 119 Å². The molecule has 1 aliphatic heterocycles. The van der Waals surface area contributed by atoms with Crippen molar-refractivity contribution in [3.8, 4) is 0 Å². The molecule has 1 heterocycles. The molecule has 0 aromatic carbocycles. The van der Waals surface area contributed by atoms with Gasteiger partial charge in [0.25, 0.3) is 0 Å². The molecular weight excluding hydrogens is 236 g/mol. The highest BCUT2D eigenvalue weighted by molar-refractivity contribution is 5.82. The van der Waals surface area contributed by atoms with Crippen LogP contribution in [0.4, 0.5) is 0 Å². The second-order valence-corrected chi connectivity index (χ2v) is 6.17. The van der Waals surface area contributed by atoms with Gasteiger partial charge in [-0.25, -0.2) is 0 Å². The van der Waals surface area contributed by atoms with Crippen LogP contribution in [0, 0.1) is 5.92 Å². The highest BCUT2D eigenvalue weighted by Gasteiger charge is 2.27. The quantitative estimate of drug-likeness (QED) is 0.651. The van der Waals surface area contributed by atoms with Crippen LogP contribution in [0.3, 0.4) is 0 Å². The summed E-state index contributed by atoms with van der Waals surface area (Å²) in [5, 5.41) is 3.30. The summed E-state index contributed by atoms with van der Waals surface area (Å²) in [5.74, 6) is 1.15.